The first kappa shape index (κ1) is 37.6. The van der Waals surface area contributed by atoms with Crippen molar-refractivity contribution in [1.29, 1.82) is 0 Å². The molecule has 9 aromatic rings. The molecule has 0 radical (unpaired) electrons. The van der Waals surface area contributed by atoms with Crippen molar-refractivity contribution in [3.8, 4) is 22.3 Å². The second-order valence-corrected chi connectivity index (χ2v) is 16.3. The average Bonchev–Trinajstić information content (AvgIpc) is 3.54. The van der Waals surface area contributed by atoms with Gasteiger partial charge in [0.1, 0.15) is 0 Å². The summed E-state index contributed by atoms with van der Waals surface area (Å²) in [6, 6.07) is 83.2. The summed E-state index contributed by atoms with van der Waals surface area (Å²) < 4.78 is 0. The molecule has 61 heavy (non-hydrogen) atoms. The van der Waals surface area contributed by atoms with Crippen LogP contribution in [0.25, 0.3) is 22.3 Å². The van der Waals surface area contributed by atoms with Crippen molar-refractivity contribution < 1.29 is 0 Å². The number of fused-ring (bicyclic) bond motifs is 3. The molecular formula is C58H47N3. The maximum atomic E-state index is 2.43. The predicted octanol–water partition coefficient (Wildman–Crippen LogP) is 16.4. The Morgan fingerprint density at radius 2 is 0.672 bits per heavy atom. The minimum Gasteiger partial charge on any atom is -0.310 e. The van der Waals surface area contributed by atoms with Crippen LogP contribution in [0.2, 0.25) is 0 Å². The van der Waals surface area contributed by atoms with E-state index in [-0.39, 0.29) is 5.41 Å². The van der Waals surface area contributed by atoms with Gasteiger partial charge in [0.2, 0.25) is 0 Å². The highest BCUT2D eigenvalue weighted by molar-refractivity contribution is 5.91. The summed E-state index contributed by atoms with van der Waals surface area (Å²) in [5.74, 6) is 0. The van der Waals surface area contributed by atoms with Gasteiger partial charge >= 0.3 is 0 Å². The molecule has 0 fully saturated rings. The zero-order valence-electron chi connectivity index (χ0n) is 34.8. The standard InChI is InChI=1S/C58H47N3/c1-42-21-19-34-55-57(42)54-36-35-44(38-56(54)58(55,2)3)43-22-20-33-50(37-43)61(49-31-17-8-18-32-49)53-40-51(59(45-23-9-4-10-24-45)46-25-11-5-12-26-46)39-52(41-53)60(47-27-13-6-14-28-47)48-29-15-7-16-30-48/h4-41H,1-3H3. The Kier molecular flexibility index (Phi) is 9.78. The van der Waals surface area contributed by atoms with Crippen molar-refractivity contribution in [2.24, 2.45) is 0 Å². The van der Waals surface area contributed by atoms with Crippen molar-refractivity contribution in [3.63, 3.8) is 0 Å². The molecule has 0 amide bonds. The summed E-state index contributed by atoms with van der Waals surface area (Å²) in [6.07, 6.45) is 0. The maximum Gasteiger partial charge on any atom is 0.0503 e. The second kappa shape index (κ2) is 15.9. The smallest absolute Gasteiger partial charge is 0.0503 e. The first-order valence-electron chi connectivity index (χ1n) is 21.1. The van der Waals surface area contributed by atoms with Gasteiger partial charge in [-0.25, -0.2) is 0 Å². The van der Waals surface area contributed by atoms with E-state index in [4.69, 9.17) is 0 Å². The monoisotopic (exact) mass is 785 g/mol. The fourth-order valence-corrected chi connectivity index (χ4v) is 9.17. The Bertz CT molecular complexity index is 2760. The van der Waals surface area contributed by atoms with Crippen molar-refractivity contribution in [2.45, 2.75) is 26.2 Å². The van der Waals surface area contributed by atoms with Gasteiger partial charge in [-0.1, -0.05) is 147 Å². The Balaban J connectivity index is 1.19. The molecule has 0 heterocycles. The van der Waals surface area contributed by atoms with Crippen LogP contribution >= 0.6 is 0 Å². The number of nitrogens with zero attached hydrogens (tertiary/aromatic N) is 3. The summed E-state index contributed by atoms with van der Waals surface area (Å²) >= 11 is 0. The van der Waals surface area contributed by atoms with Crippen LogP contribution in [0.3, 0.4) is 0 Å². The summed E-state index contributed by atoms with van der Waals surface area (Å²) in [4.78, 5) is 7.11. The van der Waals surface area contributed by atoms with Crippen LogP contribution in [0.15, 0.2) is 231 Å². The quantitative estimate of drug-likeness (QED) is 0.137. The van der Waals surface area contributed by atoms with E-state index in [0.717, 1.165) is 51.2 Å². The van der Waals surface area contributed by atoms with Crippen LogP contribution in [0, 0.1) is 6.92 Å². The van der Waals surface area contributed by atoms with Gasteiger partial charge in [0.05, 0.1) is 17.1 Å². The fraction of sp³-hybridized carbons (Fsp3) is 0.0690. The molecule has 0 N–H and O–H groups in total. The minimum atomic E-state index is -0.0933. The molecule has 0 unspecified atom stereocenters. The van der Waals surface area contributed by atoms with Gasteiger partial charge in [-0.05, 0) is 143 Å². The molecule has 3 heteroatoms. The van der Waals surface area contributed by atoms with E-state index >= 15 is 0 Å². The molecule has 0 aliphatic heterocycles. The molecule has 9 aromatic carbocycles. The largest absolute Gasteiger partial charge is 0.310 e. The molecule has 3 nitrogen and oxygen atoms in total. The van der Waals surface area contributed by atoms with Crippen molar-refractivity contribution in [3.05, 3.63) is 247 Å². The lowest BCUT2D eigenvalue weighted by molar-refractivity contribution is 0.660. The third-order valence-corrected chi connectivity index (χ3v) is 12.1. The lowest BCUT2D eigenvalue weighted by atomic mass is 9.81. The van der Waals surface area contributed by atoms with Crippen LogP contribution in [0.4, 0.5) is 51.2 Å². The first-order valence-corrected chi connectivity index (χ1v) is 21.1. The molecule has 0 atom stereocenters. The summed E-state index contributed by atoms with van der Waals surface area (Å²) in [5, 5.41) is 0. The van der Waals surface area contributed by atoms with Crippen LogP contribution in [0.1, 0.15) is 30.5 Å². The van der Waals surface area contributed by atoms with Gasteiger partial charge in [-0.15, -0.1) is 0 Å². The van der Waals surface area contributed by atoms with Gasteiger partial charge in [0.15, 0.2) is 0 Å². The molecule has 294 valence electrons. The average molecular weight is 786 g/mol. The SMILES string of the molecule is Cc1cccc2c1-c1ccc(-c3cccc(N(c4ccccc4)c4cc(N(c5ccccc5)c5ccccc5)cc(N(c5ccccc5)c5ccccc5)c4)c3)cc1C2(C)C. The first-order chi connectivity index (χ1) is 29.9. The van der Waals surface area contributed by atoms with E-state index in [0.29, 0.717) is 0 Å². The number of aryl methyl sites for hydroxylation is 1. The number of benzene rings is 9. The lowest BCUT2D eigenvalue weighted by Crippen LogP contribution is -2.16. The number of para-hydroxylation sites is 5. The minimum absolute atomic E-state index is 0.0933. The number of rotatable bonds is 10. The van der Waals surface area contributed by atoms with Gasteiger partial charge in [0.25, 0.3) is 0 Å². The molecule has 0 saturated heterocycles. The zero-order valence-corrected chi connectivity index (χ0v) is 34.8. The highest BCUT2D eigenvalue weighted by Gasteiger charge is 2.36. The molecule has 0 aromatic heterocycles. The highest BCUT2D eigenvalue weighted by Crippen LogP contribution is 2.51. The van der Waals surface area contributed by atoms with E-state index in [1.54, 1.807) is 0 Å². The highest BCUT2D eigenvalue weighted by atomic mass is 15.2. The Morgan fingerprint density at radius 1 is 0.295 bits per heavy atom. The van der Waals surface area contributed by atoms with Crippen LogP contribution in [0.5, 0.6) is 0 Å². The Morgan fingerprint density at radius 3 is 1.11 bits per heavy atom. The normalized spacial score (nSPS) is 12.3. The molecule has 1 aliphatic rings. The predicted molar refractivity (Wildman–Crippen MR) is 258 cm³/mol. The van der Waals surface area contributed by atoms with Gasteiger partial charge < -0.3 is 14.7 Å². The lowest BCUT2D eigenvalue weighted by Gasteiger charge is -2.33. The molecule has 0 bridgehead atoms. The Labute approximate surface area is 360 Å². The van der Waals surface area contributed by atoms with Crippen molar-refractivity contribution in [1.82, 2.24) is 0 Å². The van der Waals surface area contributed by atoms with E-state index < -0.39 is 0 Å². The fourth-order valence-electron chi connectivity index (χ4n) is 9.17. The molecule has 0 saturated carbocycles. The van der Waals surface area contributed by atoms with Gasteiger partial charge in [0, 0.05) is 39.5 Å². The number of anilines is 9. The third kappa shape index (κ3) is 7.04. The number of hydrogen-bond donors (Lipinski definition) is 0. The summed E-state index contributed by atoms with van der Waals surface area (Å²) in [6.45, 7) is 6.96. The molecular weight excluding hydrogens is 739 g/mol. The number of hydrogen-bond acceptors (Lipinski definition) is 3. The van der Waals surface area contributed by atoms with E-state index in [1.807, 2.05) is 0 Å². The van der Waals surface area contributed by atoms with E-state index in [9.17, 15) is 0 Å². The summed E-state index contributed by atoms with van der Waals surface area (Å²) in [5.41, 5.74) is 18.7. The second-order valence-electron chi connectivity index (χ2n) is 16.3. The third-order valence-electron chi connectivity index (χ3n) is 12.1. The molecule has 0 spiro atoms. The topological polar surface area (TPSA) is 9.72 Å². The maximum absolute atomic E-state index is 2.43. The molecule has 10 rings (SSSR count). The molecule has 1 aliphatic carbocycles. The van der Waals surface area contributed by atoms with Crippen molar-refractivity contribution >= 4 is 51.2 Å². The van der Waals surface area contributed by atoms with Crippen LogP contribution in [-0.2, 0) is 5.41 Å². The summed E-state index contributed by atoms with van der Waals surface area (Å²) in [7, 11) is 0. The Hall–Kier alpha value is -7.62. The van der Waals surface area contributed by atoms with Crippen LogP contribution in [-0.4, -0.2) is 0 Å². The van der Waals surface area contributed by atoms with E-state index in [2.05, 4.69) is 266 Å². The van der Waals surface area contributed by atoms with Gasteiger partial charge in [-0.3, -0.25) is 0 Å². The van der Waals surface area contributed by atoms with Crippen molar-refractivity contribution in [2.75, 3.05) is 14.7 Å². The van der Waals surface area contributed by atoms with E-state index in [1.165, 1.54) is 38.9 Å². The van der Waals surface area contributed by atoms with Crippen LogP contribution < -0.4 is 14.7 Å². The van der Waals surface area contributed by atoms with Gasteiger partial charge in [-0.2, -0.15) is 0 Å². The zero-order chi connectivity index (χ0) is 41.3.